The van der Waals surface area contributed by atoms with Crippen molar-refractivity contribution in [2.45, 2.75) is 32.4 Å². The van der Waals surface area contributed by atoms with Gasteiger partial charge in [0.25, 0.3) is 5.91 Å². The highest BCUT2D eigenvalue weighted by Crippen LogP contribution is 2.10. The largest absolute Gasteiger partial charge is 0.372 e. The summed E-state index contributed by atoms with van der Waals surface area (Å²) in [5.74, 6) is 0.101. The highest BCUT2D eigenvalue weighted by atomic mass is 16.5. The summed E-state index contributed by atoms with van der Waals surface area (Å²) in [5.41, 5.74) is 0. The minimum Gasteiger partial charge on any atom is -0.372 e. The molecule has 4 heteroatoms. The van der Waals surface area contributed by atoms with Gasteiger partial charge in [-0.2, -0.15) is 0 Å². The van der Waals surface area contributed by atoms with E-state index in [4.69, 9.17) is 4.74 Å². The molecule has 1 aliphatic rings. The van der Waals surface area contributed by atoms with Gasteiger partial charge < -0.3 is 15.0 Å². The minimum absolute atomic E-state index is 0.101. The van der Waals surface area contributed by atoms with Gasteiger partial charge in [0.05, 0.1) is 0 Å². The summed E-state index contributed by atoms with van der Waals surface area (Å²) >= 11 is 0. The van der Waals surface area contributed by atoms with Gasteiger partial charge >= 0.3 is 0 Å². The molecule has 2 atom stereocenters. The Labute approximate surface area is 85.6 Å². The molecule has 1 fully saturated rings. The van der Waals surface area contributed by atoms with Gasteiger partial charge in [0, 0.05) is 26.2 Å². The van der Waals surface area contributed by atoms with Crippen LogP contribution in [0.1, 0.15) is 20.3 Å². The van der Waals surface area contributed by atoms with Gasteiger partial charge in [-0.25, -0.2) is 0 Å². The van der Waals surface area contributed by atoms with Crippen LogP contribution in [0.4, 0.5) is 0 Å². The lowest BCUT2D eigenvalue weighted by Gasteiger charge is -2.29. The minimum atomic E-state index is -0.324. The lowest BCUT2D eigenvalue weighted by Crippen LogP contribution is -2.46. The van der Waals surface area contributed by atoms with E-state index in [1.807, 2.05) is 11.8 Å². The number of amides is 1. The number of hydrogen-bond donors (Lipinski definition) is 1. The molecule has 0 aromatic heterocycles. The SMILES string of the molecule is CCN(C(=O)C(C)OC)C1CCNC1. The Hall–Kier alpha value is -0.610. The van der Waals surface area contributed by atoms with Crippen molar-refractivity contribution >= 4 is 5.91 Å². The first-order valence-corrected chi connectivity index (χ1v) is 5.24. The second kappa shape index (κ2) is 5.32. The van der Waals surface area contributed by atoms with Gasteiger partial charge in [-0.05, 0) is 26.8 Å². The highest BCUT2D eigenvalue weighted by Gasteiger charge is 2.27. The Morgan fingerprint density at radius 2 is 2.43 bits per heavy atom. The van der Waals surface area contributed by atoms with Crippen LogP contribution in [-0.4, -0.2) is 49.7 Å². The van der Waals surface area contributed by atoms with Crippen LogP contribution in [0.2, 0.25) is 0 Å². The third-order valence-electron chi connectivity index (χ3n) is 2.80. The second-order valence-electron chi connectivity index (χ2n) is 3.65. The number of likely N-dealkylation sites (N-methyl/N-ethyl adjacent to an activating group) is 1. The number of ether oxygens (including phenoxy) is 1. The fourth-order valence-electron chi connectivity index (χ4n) is 1.83. The van der Waals surface area contributed by atoms with Crippen LogP contribution in [0.25, 0.3) is 0 Å². The molecule has 0 spiro atoms. The van der Waals surface area contributed by atoms with Crippen molar-refractivity contribution in [3.8, 4) is 0 Å². The second-order valence-corrected chi connectivity index (χ2v) is 3.65. The Bertz CT molecular complexity index is 191. The molecule has 1 rings (SSSR count). The lowest BCUT2D eigenvalue weighted by molar-refractivity contribution is -0.142. The fourth-order valence-corrected chi connectivity index (χ4v) is 1.83. The van der Waals surface area contributed by atoms with Crippen LogP contribution in [0.3, 0.4) is 0 Å². The summed E-state index contributed by atoms with van der Waals surface area (Å²) in [7, 11) is 1.57. The summed E-state index contributed by atoms with van der Waals surface area (Å²) in [4.78, 5) is 13.8. The fraction of sp³-hybridized carbons (Fsp3) is 0.900. The molecule has 0 aromatic carbocycles. The highest BCUT2D eigenvalue weighted by molar-refractivity contribution is 5.80. The van der Waals surface area contributed by atoms with Gasteiger partial charge in [-0.15, -0.1) is 0 Å². The van der Waals surface area contributed by atoms with Crippen molar-refractivity contribution in [3.63, 3.8) is 0 Å². The summed E-state index contributed by atoms with van der Waals surface area (Å²) in [6.45, 7) is 6.50. The normalized spacial score (nSPS) is 23.5. The zero-order valence-electron chi connectivity index (χ0n) is 9.25. The van der Waals surface area contributed by atoms with Crippen molar-refractivity contribution < 1.29 is 9.53 Å². The molecular weight excluding hydrogens is 180 g/mol. The van der Waals surface area contributed by atoms with Crippen LogP contribution in [-0.2, 0) is 9.53 Å². The Balaban J connectivity index is 2.55. The average Bonchev–Trinajstić information content (AvgIpc) is 2.71. The van der Waals surface area contributed by atoms with Gasteiger partial charge in [0.15, 0.2) is 0 Å². The topological polar surface area (TPSA) is 41.6 Å². The van der Waals surface area contributed by atoms with Crippen molar-refractivity contribution in [2.24, 2.45) is 0 Å². The zero-order valence-corrected chi connectivity index (χ0v) is 9.25. The Morgan fingerprint density at radius 3 is 2.86 bits per heavy atom. The van der Waals surface area contributed by atoms with Crippen molar-refractivity contribution in [1.82, 2.24) is 10.2 Å². The number of hydrogen-bond acceptors (Lipinski definition) is 3. The first-order chi connectivity index (χ1) is 6.70. The molecular formula is C10H20N2O2. The van der Waals surface area contributed by atoms with E-state index in [1.165, 1.54) is 0 Å². The van der Waals surface area contributed by atoms with E-state index in [2.05, 4.69) is 5.32 Å². The molecule has 2 unspecified atom stereocenters. The number of nitrogens with zero attached hydrogens (tertiary/aromatic N) is 1. The van der Waals surface area contributed by atoms with Gasteiger partial charge in [0.2, 0.25) is 0 Å². The van der Waals surface area contributed by atoms with E-state index in [-0.39, 0.29) is 12.0 Å². The van der Waals surface area contributed by atoms with Crippen LogP contribution in [0.15, 0.2) is 0 Å². The number of carbonyl (C=O) groups excluding carboxylic acids is 1. The van der Waals surface area contributed by atoms with Crippen molar-refractivity contribution in [1.29, 1.82) is 0 Å². The molecule has 0 bridgehead atoms. The monoisotopic (exact) mass is 200 g/mol. The molecule has 1 amide bonds. The maximum absolute atomic E-state index is 11.9. The molecule has 14 heavy (non-hydrogen) atoms. The van der Waals surface area contributed by atoms with Crippen LogP contribution >= 0.6 is 0 Å². The van der Waals surface area contributed by atoms with Crippen LogP contribution in [0, 0.1) is 0 Å². The maximum atomic E-state index is 11.9. The number of methoxy groups -OCH3 is 1. The maximum Gasteiger partial charge on any atom is 0.251 e. The summed E-state index contributed by atoms with van der Waals surface area (Å²) in [6, 6.07) is 0.352. The van der Waals surface area contributed by atoms with Crippen molar-refractivity contribution in [2.75, 3.05) is 26.7 Å². The molecule has 0 aliphatic carbocycles. The molecule has 4 nitrogen and oxygen atoms in total. The summed E-state index contributed by atoms with van der Waals surface area (Å²) < 4.78 is 5.04. The standard InChI is InChI=1S/C10H20N2O2/c1-4-12(9-5-6-11-7-9)10(13)8(2)14-3/h8-9,11H,4-7H2,1-3H3. The van der Waals surface area contributed by atoms with Gasteiger partial charge in [0.1, 0.15) is 6.10 Å². The first kappa shape index (κ1) is 11.5. The number of nitrogens with one attached hydrogen (secondary N) is 1. The predicted molar refractivity (Wildman–Crippen MR) is 55.1 cm³/mol. The summed E-state index contributed by atoms with van der Waals surface area (Å²) in [6.07, 6.45) is 0.728. The molecule has 0 saturated carbocycles. The molecule has 1 N–H and O–H groups in total. The third kappa shape index (κ3) is 2.45. The number of carbonyl (C=O) groups is 1. The number of rotatable bonds is 4. The van der Waals surface area contributed by atoms with Crippen LogP contribution in [0.5, 0.6) is 0 Å². The molecule has 82 valence electrons. The van der Waals surface area contributed by atoms with Crippen molar-refractivity contribution in [3.05, 3.63) is 0 Å². The third-order valence-corrected chi connectivity index (χ3v) is 2.80. The van der Waals surface area contributed by atoms with E-state index in [1.54, 1.807) is 14.0 Å². The molecule has 0 radical (unpaired) electrons. The average molecular weight is 200 g/mol. The van der Waals surface area contributed by atoms with Gasteiger partial charge in [-0.3, -0.25) is 4.79 Å². The lowest BCUT2D eigenvalue weighted by atomic mass is 10.2. The first-order valence-electron chi connectivity index (χ1n) is 5.24. The quantitative estimate of drug-likeness (QED) is 0.706. The van der Waals surface area contributed by atoms with E-state index >= 15 is 0 Å². The zero-order chi connectivity index (χ0) is 10.6. The van der Waals surface area contributed by atoms with E-state index in [0.29, 0.717) is 6.04 Å². The van der Waals surface area contributed by atoms with Crippen LogP contribution < -0.4 is 5.32 Å². The Morgan fingerprint density at radius 1 is 1.71 bits per heavy atom. The van der Waals surface area contributed by atoms with E-state index < -0.39 is 0 Å². The van der Waals surface area contributed by atoms with Gasteiger partial charge in [-0.1, -0.05) is 0 Å². The van der Waals surface area contributed by atoms with E-state index in [9.17, 15) is 4.79 Å². The Kier molecular flexibility index (Phi) is 4.35. The molecule has 0 aromatic rings. The molecule has 1 aliphatic heterocycles. The smallest absolute Gasteiger partial charge is 0.251 e. The summed E-state index contributed by atoms with van der Waals surface area (Å²) in [5, 5.41) is 3.26. The van der Waals surface area contributed by atoms with E-state index in [0.717, 1.165) is 26.1 Å². The molecule has 1 saturated heterocycles. The molecule has 1 heterocycles. The predicted octanol–water partition coefficient (Wildman–Crippen LogP) is 0.232.